The molecule has 2 N–H and O–H groups in total. The zero-order valence-electron chi connectivity index (χ0n) is 11.0. The molecular formula is C13H26N2O. The highest BCUT2D eigenvalue weighted by molar-refractivity contribution is 5.82. The van der Waals surface area contributed by atoms with Crippen LogP contribution in [0.25, 0.3) is 0 Å². The summed E-state index contributed by atoms with van der Waals surface area (Å²) in [6, 6.07) is 0.446. The minimum absolute atomic E-state index is 0.203. The average Bonchev–Trinajstić information content (AvgIpc) is 2.73. The first-order valence-corrected chi connectivity index (χ1v) is 6.54. The van der Waals surface area contributed by atoms with Crippen LogP contribution in [0.1, 0.15) is 52.9 Å². The van der Waals surface area contributed by atoms with Crippen LogP contribution in [0.5, 0.6) is 0 Å². The monoisotopic (exact) mass is 226 g/mol. The second-order valence-corrected chi connectivity index (χ2v) is 5.46. The SMILES string of the molecule is CCC(C)(C)C(=O)N1CCCC1CCCN. The molecule has 16 heavy (non-hydrogen) atoms. The summed E-state index contributed by atoms with van der Waals surface area (Å²) in [7, 11) is 0. The maximum atomic E-state index is 12.4. The smallest absolute Gasteiger partial charge is 0.228 e. The first kappa shape index (κ1) is 13.5. The van der Waals surface area contributed by atoms with Gasteiger partial charge in [0.25, 0.3) is 0 Å². The van der Waals surface area contributed by atoms with Crippen LogP contribution in [0, 0.1) is 5.41 Å². The Bertz CT molecular complexity index is 238. The number of nitrogens with two attached hydrogens (primary N) is 1. The summed E-state index contributed by atoms with van der Waals surface area (Å²) < 4.78 is 0. The van der Waals surface area contributed by atoms with Crippen LogP contribution in [-0.4, -0.2) is 29.9 Å². The molecule has 3 heteroatoms. The lowest BCUT2D eigenvalue weighted by Gasteiger charge is -2.32. The van der Waals surface area contributed by atoms with Crippen LogP contribution in [0.3, 0.4) is 0 Å². The van der Waals surface area contributed by atoms with Crippen LogP contribution >= 0.6 is 0 Å². The summed E-state index contributed by atoms with van der Waals surface area (Å²) in [6.07, 6.45) is 5.32. The Hall–Kier alpha value is -0.570. The van der Waals surface area contributed by atoms with E-state index in [0.29, 0.717) is 11.9 Å². The molecule has 0 radical (unpaired) electrons. The van der Waals surface area contributed by atoms with Crippen molar-refractivity contribution in [3.63, 3.8) is 0 Å². The maximum Gasteiger partial charge on any atom is 0.228 e. The third kappa shape index (κ3) is 2.97. The average molecular weight is 226 g/mol. The Kier molecular flexibility index (Phi) is 4.78. The van der Waals surface area contributed by atoms with Gasteiger partial charge >= 0.3 is 0 Å². The van der Waals surface area contributed by atoms with Gasteiger partial charge in [0.1, 0.15) is 0 Å². The first-order chi connectivity index (χ1) is 7.53. The van der Waals surface area contributed by atoms with E-state index in [1.807, 2.05) is 13.8 Å². The summed E-state index contributed by atoms with van der Waals surface area (Å²) in [4.78, 5) is 14.5. The van der Waals surface area contributed by atoms with Gasteiger partial charge in [-0.2, -0.15) is 0 Å². The van der Waals surface area contributed by atoms with E-state index in [9.17, 15) is 4.79 Å². The van der Waals surface area contributed by atoms with E-state index in [4.69, 9.17) is 5.73 Å². The Labute approximate surface area is 99.4 Å². The van der Waals surface area contributed by atoms with Gasteiger partial charge in [-0.3, -0.25) is 4.79 Å². The molecule has 1 atom stereocenters. The summed E-state index contributed by atoms with van der Waals surface area (Å²) in [5.74, 6) is 0.328. The largest absolute Gasteiger partial charge is 0.339 e. The van der Waals surface area contributed by atoms with Gasteiger partial charge in [-0.25, -0.2) is 0 Å². The van der Waals surface area contributed by atoms with Crippen molar-refractivity contribution in [1.29, 1.82) is 0 Å². The first-order valence-electron chi connectivity index (χ1n) is 6.54. The van der Waals surface area contributed by atoms with Crippen molar-refractivity contribution in [2.75, 3.05) is 13.1 Å². The molecule has 1 amide bonds. The molecular weight excluding hydrogens is 200 g/mol. The fourth-order valence-corrected chi connectivity index (χ4v) is 2.30. The van der Waals surface area contributed by atoms with Crippen LogP contribution in [0.2, 0.25) is 0 Å². The van der Waals surface area contributed by atoms with Gasteiger partial charge in [0.2, 0.25) is 5.91 Å². The van der Waals surface area contributed by atoms with Gasteiger partial charge in [0, 0.05) is 18.0 Å². The summed E-state index contributed by atoms with van der Waals surface area (Å²) in [6.45, 7) is 7.86. The van der Waals surface area contributed by atoms with Gasteiger partial charge < -0.3 is 10.6 Å². The van der Waals surface area contributed by atoms with E-state index in [-0.39, 0.29) is 5.41 Å². The lowest BCUT2D eigenvalue weighted by atomic mass is 9.88. The number of amides is 1. The highest BCUT2D eigenvalue weighted by Gasteiger charge is 2.36. The van der Waals surface area contributed by atoms with Gasteiger partial charge in [-0.1, -0.05) is 20.8 Å². The molecule has 0 aliphatic carbocycles. The highest BCUT2D eigenvalue weighted by atomic mass is 16.2. The standard InChI is InChI=1S/C13H26N2O/c1-4-13(2,3)12(16)15-10-6-8-11(15)7-5-9-14/h11H,4-10,14H2,1-3H3. The second-order valence-electron chi connectivity index (χ2n) is 5.46. The van der Waals surface area contributed by atoms with Crippen molar-refractivity contribution in [3.05, 3.63) is 0 Å². The Morgan fingerprint density at radius 1 is 1.50 bits per heavy atom. The predicted octanol–water partition coefficient (Wildman–Crippen LogP) is 2.15. The number of nitrogens with zero attached hydrogens (tertiary/aromatic N) is 1. The summed E-state index contributed by atoms with van der Waals surface area (Å²) in [5.41, 5.74) is 5.33. The molecule has 0 spiro atoms. The van der Waals surface area contributed by atoms with Crippen LogP contribution < -0.4 is 5.73 Å². The van der Waals surface area contributed by atoms with Crippen molar-refractivity contribution in [2.45, 2.75) is 58.9 Å². The zero-order valence-corrected chi connectivity index (χ0v) is 11.0. The topological polar surface area (TPSA) is 46.3 Å². The lowest BCUT2D eigenvalue weighted by Crippen LogP contribution is -2.43. The number of hydrogen-bond donors (Lipinski definition) is 1. The molecule has 1 aliphatic heterocycles. The maximum absolute atomic E-state index is 12.4. The van der Waals surface area contributed by atoms with Crippen molar-refractivity contribution in [3.8, 4) is 0 Å². The molecule has 0 saturated carbocycles. The third-order valence-electron chi connectivity index (χ3n) is 3.84. The third-order valence-corrected chi connectivity index (χ3v) is 3.84. The van der Waals surface area contributed by atoms with E-state index in [2.05, 4.69) is 11.8 Å². The highest BCUT2D eigenvalue weighted by Crippen LogP contribution is 2.29. The van der Waals surface area contributed by atoms with Crippen molar-refractivity contribution in [2.24, 2.45) is 11.1 Å². The molecule has 1 aliphatic rings. The molecule has 0 aromatic carbocycles. The number of hydrogen-bond acceptors (Lipinski definition) is 2. The minimum atomic E-state index is -0.203. The van der Waals surface area contributed by atoms with Gasteiger partial charge in [0.15, 0.2) is 0 Å². The van der Waals surface area contributed by atoms with Gasteiger partial charge in [-0.15, -0.1) is 0 Å². The Morgan fingerprint density at radius 3 is 2.75 bits per heavy atom. The van der Waals surface area contributed by atoms with Gasteiger partial charge in [-0.05, 0) is 38.6 Å². The van der Waals surface area contributed by atoms with Gasteiger partial charge in [0.05, 0.1) is 0 Å². The summed E-state index contributed by atoms with van der Waals surface area (Å²) >= 11 is 0. The molecule has 1 saturated heterocycles. The molecule has 1 unspecified atom stereocenters. The van der Waals surface area contributed by atoms with E-state index < -0.39 is 0 Å². The fourth-order valence-electron chi connectivity index (χ4n) is 2.30. The van der Waals surface area contributed by atoms with E-state index in [1.54, 1.807) is 0 Å². The van der Waals surface area contributed by atoms with Crippen LogP contribution in [-0.2, 0) is 4.79 Å². The molecule has 0 aromatic heterocycles. The predicted molar refractivity (Wildman–Crippen MR) is 67.1 cm³/mol. The normalized spacial score (nSPS) is 21.5. The van der Waals surface area contributed by atoms with Crippen LogP contribution in [0.15, 0.2) is 0 Å². The van der Waals surface area contributed by atoms with Crippen LogP contribution in [0.4, 0.5) is 0 Å². The van der Waals surface area contributed by atoms with Crippen molar-refractivity contribution in [1.82, 2.24) is 4.90 Å². The number of likely N-dealkylation sites (tertiary alicyclic amines) is 1. The molecule has 1 heterocycles. The zero-order chi connectivity index (χ0) is 12.2. The number of carbonyl (C=O) groups is 1. The fraction of sp³-hybridized carbons (Fsp3) is 0.923. The molecule has 3 nitrogen and oxygen atoms in total. The Morgan fingerprint density at radius 2 is 2.19 bits per heavy atom. The van der Waals surface area contributed by atoms with E-state index >= 15 is 0 Å². The molecule has 0 aromatic rings. The molecule has 94 valence electrons. The molecule has 1 fully saturated rings. The quantitative estimate of drug-likeness (QED) is 0.781. The number of carbonyl (C=O) groups excluding carboxylic acids is 1. The Balaban J connectivity index is 2.60. The van der Waals surface area contributed by atoms with Crippen molar-refractivity contribution >= 4 is 5.91 Å². The second kappa shape index (κ2) is 5.67. The van der Waals surface area contributed by atoms with E-state index in [0.717, 1.165) is 45.2 Å². The van der Waals surface area contributed by atoms with Crippen molar-refractivity contribution < 1.29 is 4.79 Å². The van der Waals surface area contributed by atoms with E-state index in [1.165, 1.54) is 0 Å². The minimum Gasteiger partial charge on any atom is -0.339 e. The molecule has 1 rings (SSSR count). The summed E-state index contributed by atoms with van der Waals surface area (Å²) in [5, 5.41) is 0. The lowest BCUT2D eigenvalue weighted by molar-refractivity contribution is -0.141. The number of rotatable bonds is 5. The molecule has 0 bridgehead atoms.